The third kappa shape index (κ3) is 3.92. The number of rotatable bonds is 6. The van der Waals surface area contributed by atoms with Crippen LogP contribution in [-0.2, 0) is 6.42 Å². The normalized spacial score (nSPS) is 16.9. The van der Waals surface area contributed by atoms with Crippen molar-refractivity contribution in [2.24, 2.45) is 5.92 Å². The van der Waals surface area contributed by atoms with Gasteiger partial charge in [-0.05, 0) is 30.9 Å². The van der Waals surface area contributed by atoms with Crippen LogP contribution in [0.25, 0.3) is 0 Å². The Hall–Kier alpha value is -2.57. The third-order valence-corrected chi connectivity index (χ3v) is 4.56. The van der Waals surface area contributed by atoms with Crippen molar-refractivity contribution in [3.05, 3.63) is 35.5 Å². The van der Waals surface area contributed by atoms with Gasteiger partial charge in [0.2, 0.25) is 5.89 Å². The van der Waals surface area contributed by atoms with Crippen LogP contribution in [0.4, 0.5) is 0 Å². The van der Waals surface area contributed by atoms with Crippen molar-refractivity contribution in [2.45, 2.75) is 26.2 Å². The summed E-state index contributed by atoms with van der Waals surface area (Å²) in [7, 11) is 3.15. The van der Waals surface area contributed by atoms with Gasteiger partial charge in [-0.25, -0.2) is 0 Å². The molecule has 0 aliphatic carbocycles. The fourth-order valence-corrected chi connectivity index (χ4v) is 3.17. The average molecular weight is 345 g/mol. The molecule has 0 saturated carbocycles. The lowest BCUT2D eigenvalue weighted by Crippen LogP contribution is -2.29. The second kappa shape index (κ2) is 7.55. The molecule has 1 saturated heterocycles. The highest BCUT2D eigenvalue weighted by atomic mass is 16.5. The van der Waals surface area contributed by atoms with E-state index in [0.29, 0.717) is 28.9 Å². The SMILES string of the molecule is COc1ccc(C(=O)N2CCC(CCc3noc(C)n3)C2)c(OC)c1. The van der Waals surface area contributed by atoms with E-state index >= 15 is 0 Å². The number of hydrogen-bond donors (Lipinski definition) is 0. The number of aryl methyl sites for hydroxylation is 2. The topological polar surface area (TPSA) is 77.7 Å². The van der Waals surface area contributed by atoms with Gasteiger partial charge < -0.3 is 18.9 Å². The van der Waals surface area contributed by atoms with Crippen LogP contribution in [-0.4, -0.2) is 48.3 Å². The van der Waals surface area contributed by atoms with E-state index in [4.69, 9.17) is 14.0 Å². The maximum absolute atomic E-state index is 12.8. The molecule has 1 aromatic heterocycles. The zero-order valence-corrected chi connectivity index (χ0v) is 14.8. The molecule has 7 nitrogen and oxygen atoms in total. The van der Waals surface area contributed by atoms with Crippen LogP contribution in [0.5, 0.6) is 11.5 Å². The summed E-state index contributed by atoms with van der Waals surface area (Å²) < 4.78 is 15.5. The highest BCUT2D eigenvalue weighted by Gasteiger charge is 2.28. The molecule has 1 atom stereocenters. The molecule has 1 unspecified atom stereocenters. The number of nitrogens with zero attached hydrogens (tertiary/aromatic N) is 3. The molecule has 1 aliphatic rings. The van der Waals surface area contributed by atoms with E-state index in [1.54, 1.807) is 39.3 Å². The third-order valence-electron chi connectivity index (χ3n) is 4.56. The van der Waals surface area contributed by atoms with Gasteiger partial charge in [-0.15, -0.1) is 0 Å². The molecule has 0 radical (unpaired) electrons. The van der Waals surface area contributed by atoms with Gasteiger partial charge in [-0.2, -0.15) is 4.98 Å². The first kappa shape index (κ1) is 17.3. The fraction of sp³-hybridized carbons (Fsp3) is 0.500. The van der Waals surface area contributed by atoms with Crippen molar-refractivity contribution in [3.63, 3.8) is 0 Å². The highest BCUT2D eigenvalue weighted by Crippen LogP contribution is 2.28. The summed E-state index contributed by atoms with van der Waals surface area (Å²) in [5.74, 6) is 2.98. The first-order valence-electron chi connectivity index (χ1n) is 8.41. The van der Waals surface area contributed by atoms with Gasteiger partial charge in [-0.3, -0.25) is 4.79 Å². The standard InChI is InChI=1S/C18H23N3O4/c1-12-19-17(20-25-12)7-4-13-8-9-21(11-13)18(22)15-6-5-14(23-2)10-16(15)24-3/h5-6,10,13H,4,7-9,11H2,1-3H3. The first-order valence-corrected chi connectivity index (χ1v) is 8.41. The summed E-state index contributed by atoms with van der Waals surface area (Å²) in [6, 6.07) is 5.27. The molecule has 1 aromatic carbocycles. The zero-order valence-electron chi connectivity index (χ0n) is 14.8. The van der Waals surface area contributed by atoms with E-state index < -0.39 is 0 Å². The molecule has 1 amide bonds. The Morgan fingerprint density at radius 1 is 1.36 bits per heavy atom. The lowest BCUT2D eigenvalue weighted by Gasteiger charge is -2.18. The number of hydrogen-bond acceptors (Lipinski definition) is 6. The Balaban J connectivity index is 1.60. The van der Waals surface area contributed by atoms with Crippen LogP contribution in [0, 0.1) is 12.8 Å². The van der Waals surface area contributed by atoms with Crippen LogP contribution in [0.2, 0.25) is 0 Å². The van der Waals surface area contributed by atoms with E-state index in [2.05, 4.69) is 10.1 Å². The Morgan fingerprint density at radius 2 is 2.20 bits per heavy atom. The molecule has 1 aliphatic heterocycles. The maximum Gasteiger partial charge on any atom is 0.257 e. The lowest BCUT2D eigenvalue weighted by molar-refractivity contribution is 0.0783. The van der Waals surface area contributed by atoms with E-state index in [0.717, 1.165) is 38.2 Å². The summed E-state index contributed by atoms with van der Waals surface area (Å²) in [5, 5.41) is 3.92. The summed E-state index contributed by atoms with van der Waals surface area (Å²) >= 11 is 0. The van der Waals surface area contributed by atoms with Crippen molar-refractivity contribution in [3.8, 4) is 11.5 Å². The Labute approximate surface area is 146 Å². The zero-order chi connectivity index (χ0) is 17.8. The van der Waals surface area contributed by atoms with Gasteiger partial charge in [-0.1, -0.05) is 5.16 Å². The quantitative estimate of drug-likeness (QED) is 0.800. The van der Waals surface area contributed by atoms with Crippen molar-refractivity contribution >= 4 is 5.91 Å². The minimum Gasteiger partial charge on any atom is -0.497 e. The van der Waals surface area contributed by atoms with Crippen molar-refractivity contribution in [1.82, 2.24) is 15.0 Å². The van der Waals surface area contributed by atoms with Crippen molar-refractivity contribution < 1.29 is 18.8 Å². The minimum atomic E-state index is -0.00240. The Morgan fingerprint density at radius 3 is 2.88 bits per heavy atom. The molecule has 3 rings (SSSR count). The summed E-state index contributed by atoms with van der Waals surface area (Å²) in [6.07, 6.45) is 2.71. The minimum absolute atomic E-state index is 0.00240. The van der Waals surface area contributed by atoms with E-state index in [1.165, 1.54) is 0 Å². The maximum atomic E-state index is 12.8. The number of amides is 1. The van der Waals surface area contributed by atoms with Gasteiger partial charge in [0.15, 0.2) is 5.82 Å². The molecular formula is C18H23N3O4. The number of aromatic nitrogens is 2. The Bertz CT molecular complexity index is 744. The fourth-order valence-electron chi connectivity index (χ4n) is 3.17. The van der Waals surface area contributed by atoms with Gasteiger partial charge in [0, 0.05) is 32.5 Å². The summed E-state index contributed by atoms with van der Waals surface area (Å²) in [4.78, 5) is 18.9. The molecule has 2 heterocycles. The summed E-state index contributed by atoms with van der Waals surface area (Å²) in [6.45, 7) is 3.28. The lowest BCUT2D eigenvalue weighted by atomic mass is 10.0. The second-order valence-electron chi connectivity index (χ2n) is 6.24. The molecule has 2 aromatic rings. The molecule has 1 fully saturated rings. The van der Waals surface area contributed by atoms with Gasteiger partial charge in [0.1, 0.15) is 11.5 Å². The molecular weight excluding hydrogens is 322 g/mol. The number of carbonyl (C=O) groups is 1. The molecule has 0 spiro atoms. The van der Waals surface area contributed by atoms with Gasteiger partial charge in [0.25, 0.3) is 5.91 Å². The smallest absolute Gasteiger partial charge is 0.257 e. The number of likely N-dealkylation sites (tertiary alicyclic amines) is 1. The van der Waals surface area contributed by atoms with Crippen molar-refractivity contribution in [1.29, 1.82) is 0 Å². The highest BCUT2D eigenvalue weighted by molar-refractivity contribution is 5.97. The molecule has 25 heavy (non-hydrogen) atoms. The predicted molar refractivity (Wildman–Crippen MR) is 90.9 cm³/mol. The second-order valence-corrected chi connectivity index (χ2v) is 6.24. The monoisotopic (exact) mass is 345 g/mol. The molecule has 134 valence electrons. The van der Waals surface area contributed by atoms with Crippen LogP contribution in [0.1, 0.15) is 34.9 Å². The summed E-state index contributed by atoms with van der Waals surface area (Å²) in [5.41, 5.74) is 0.567. The van der Waals surface area contributed by atoms with E-state index in [-0.39, 0.29) is 5.91 Å². The number of ether oxygens (including phenoxy) is 2. The van der Waals surface area contributed by atoms with E-state index in [1.807, 2.05) is 4.90 Å². The molecule has 7 heteroatoms. The largest absolute Gasteiger partial charge is 0.497 e. The van der Waals surface area contributed by atoms with Gasteiger partial charge >= 0.3 is 0 Å². The molecule has 0 bridgehead atoms. The average Bonchev–Trinajstić information content (AvgIpc) is 3.27. The van der Waals surface area contributed by atoms with Crippen LogP contribution >= 0.6 is 0 Å². The predicted octanol–water partition coefficient (Wildman–Crippen LogP) is 2.49. The van der Waals surface area contributed by atoms with E-state index in [9.17, 15) is 4.79 Å². The number of carbonyl (C=O) groups excluding carboxylic acids is 1. The van der Waals surface area contributed by atoms with Crippen LogP contribution < -0.4 is 9.47 Å². The molecule has 0 N–H and O–H groups in total. The van der Waals surface area contributed by atoms with Crippen molar-refractivity contribution in [2.75, 3.05) is 27.3 Å². The van der Waals surface area contributed by atoms with Crippen LogP contribution in [0.15, 0.2) is 22.7 Å². The van der Waals surface area contributed by atoms with Gasteiger partial charge in [0.05, 0.1) is 19.8 Å². The number of benzene rings is 1. The van der Waals surface area contributed by atoms with Crippen LogP contribution in [0.3, 0.4) is 0 Å². The first-order chi connectivity index (χ1) is 12.1. The number of methoxy groups -OCH3 is 2. The Kier molecular flexibility index (Phi) is 5.21.